The second kappa shape index (κ2) is 13.9. The maximum atomic E-state index is 13.9. The Labute approximate surface area is 245 Å². The lowest BCUT2D eigenvalue weighted by atomic mass is 10.1. The second-order valence-corrected chi connectivity index (χ2v) is 12.3. The molecule has 0 aromatic heterocycles. The Morgan fingerprint density at radius 1 is 0.925 bits per heavy atom. The lowest BCUT2D eigenvalue weighted by Gasteiger charge is -2.32. The average molecular weight is 607 g/mol. The molecule has 0 spiro atoms. The number of hydrogen-bond donors (Lipinski definition) is 1. The van der Waals surface area contributed by atoms with Crippen molar-refractivity contribution in [3.63, 3.8) is 0 Å². The first kappa shape index (κ1) is 31.3. The average Bonchev–Trinajstić information content (AvgIpc) is 2.94. The number of ether oxygens (including phenoxy) is 1. The number of hydrogen-bond acceptors (Lipinski definition) is 5. The van der Waals surface area contributed by atoms with Crippen molar-refractivity contribution in [3.05, 3.63) is 88.4 Å². The molecule has 11 heteroatoms. The number of sulfonamides is 1. The maximum absolute atomic E-state index is 13.9. The molecule has 0 unspecified atom stereocenters. The summed E-state index contributed by atoms with van der Waals surface area (Å²) in [5.74, 6) is -0.247. The van der Waals surface area contributed by atoms with Gasteiger partial charge in [-0.25, -0.2) is 8.42 Å². The van der Waals surface area contributed by atoms with Crippen molar-refractivity contribution >= 4 is 50.7 Å². The maximum Gasteiger partial charge on any atom is 0.264 e. The van der Waals surface area contributed by atoms with Gasteiger partial charge in [0.1, 0.15) is 18.3 Å². The Hall–Kier alpha value is -3.27. The highest BCUT2D eigenvalue weighted by atomic mass is 35.5. The molecule has 3 rings (SSSR count). The van der Waals surface area contributed by atoms with Crippen molar-refractivity contribution in [2.75, 3.05) is 24.5 Å². The van der Waals surface area contributed by atoms with Crippen molar-refractivity contribution < 1.29 is 22.7 Å². The number of amides is 2. The highest BCUT2D eigenvalue weighted by Crippen LogP contribution is 2.27. The van der Waals surface area contributed by atoms with Gasteiger partial charge in [0.2, 0.25) is 11.8 Å². The molecule has 8 nitrogen and oxygen atoms in total. The van der Waals surface area contributed by atoms with Gasteiger partial charge in [-0.1, -0.05) is 55.2 Å². The van der Waals surface area contributed by atoms with Crippen LogP contribution in [0.4, 0.5) is 5.69 Å². The van der Waals surface area contributed by atoms with Gasteiger partial charge in [0, 0.05) is 23.1 Å². The molecule has 0 heterocycles. The largest absolute Gasteiger partial charge is 0.497 e. The molecule has 40 heavy (non-hydrogen) atoms. The fraction of sp³-hybridized carbons (Fsp3) is 0.310. The number of anilines is 1. The van der Waals surface area contributed by atoms with Crippen LogP contribution in [0.15, 0.2) is 77.7 Å². The summed E-state index contributed by atoms with van der Waals surface area (Å²) in [6.07, 6.45) is 0. The van der Waals surface area contributed by atoms with E-state index >= 15 is 0 Å². The summed E-state index contributed by atoms with van der Waals surface area (Å²) in [6, 6.07) is 18.1. The zero-order chi connectivity index (χ0) is 29.4. The minimum atomic E-state index is -4.21. The van der Waals surface area contributed by atoms with Gasteiger partial charge >= 0.3 is 0 Å². The first-order valence-corrected chi connectivity index (χ1v) is 14.9. The molecule has 0 radical (unpaired) electrons. The third-order valence-corrected chi connectivity index (χ3v) is 8.60. The summed E-state index contributed by atoms with van der Waals surface area (Å²) >= 11 is 12.4. The van der Waals surface area contributed by atoms with E-state index in [2.05, 4.69) is 5.32 Å². The van der Waals surface area contributed by atoms with Gasteiger partial charge in [-0.3, -0.25) is 13.9 Å². The van der Waals surface area contributed by atoms with E-state index in [0.717, 1.165) is 4.31 Å². The predicted octanol–water partition coefficient (Wildman–Crippen LogP) is 5.39. The molecule has 0 aliphatic heterocycles. The number of halogens is 2. The zero-order valence-corrected chi connectivity index (χ0v) is 25.1. The smallest absolute Gasteiger partial charge is 0.264 e. The lowest BCUT2D eigenvalue weighted by Crippen LogP contribution is -2.51. The molecule has 3 aromatic carbocycles. The molecular formula is C29H33Cl2N3O5S. The summed E-state index contributed by atoms with van der Waals surface area (Å²) in [5.41, 5.74) is 0.861. The topological polar surface area (TPSA) is 96.0 Å². The Balaban J connectivity index is 2.02. The van der Waals surface area contributed by atoms with E-state index in [4.69, 9.17) is 27.9 Å². The molecular weight excluding hydrogens is 573 g/mol. The van der Waals surface area contributed by atoms with Crippen LogP contribution in [0.5, 0.6) is 5.75 Å². The molecule has 0 saturated heterocycles. The van der Waals surface area contributed by atoms with Crippen LogP contribution < -0.4 is 14.4 Å². The van der Waals surface area contributed by atoms with Crippen molar-refractivity contribution in [1.29, 1.82) is 0 Å². The number of carbonyl (C=O) groups excluding carboxylic acids is 2. The fourth-order valence-corrected chi connectivity index (χ4v) is 5.59. The first-order chi connectivity index (χ1) is 18.9. The minimum Gasteiger partial charge on any atom is -0.497 e. The standard InChI is InChI=1S/C29H33Cl2N3O5S/c1-20(2)17-32-29(36)21(3)33(18-22-7-5-6-8-27(22)31)28(35)19-34(24-11-9-23(30)10-12-24)40(37,38)26-15-13-25(39-4)14-16-26/h5-16,20-21H,17-19H2,1-4H3,(H,32,36)/t21-/m1/s1. The van der Waals surface area contributed by atoms with E-state index in [9.17, 15) is 18.0 Å². The fourth-order valence-electron chi connectivity index (χ4n) is 3.86. The van der Waals surface area contributed by atoms with Gasteiger partial charge < -0.3 is 15.0 Å². The molecule has 214 valence electrons. The van der Waals surface area contributed by atoms with Gasteiger partial charge in [-0.15, -0.1) is 0 Å². The van der Waals surface area contributed by atoms with Gasteiger partial charge in [0.05, 0.1) is 17.7 Å². The van der Waals surface area contributed by atoms with Crippen LogP contribution in [-0.2, 0) is 26.2 Å². The molecule has 3 aromatic rings. The van der Waals surface area contributed by atoms with Crippen molar-refractivity contribution in [2.45, 2.75) is 38.3 Å². The predicted molar refractivity (Wildman–Crippen MR) is 158 cm³/mol. The minimum absolute atomic E-state index is 0.00577. The Bertz CT molecular complexity index is 1410. The molecule has 0 fully saturated rings. The van der Waals surface area contributed by atoms with Gasteiger partial charge in [0.15, 0.2) is 0 Å². The van der Waals surface area contributed by atoms with Crippen LogP contribution in [0.3, 0.4) is 0 Å². The van der Waals surface area contributed by atoms with Crippen molar-refractivity contribution in [3.8, 4) is 5.75 Å². The third-order valence-electron chi connectivity index (χ3n) is 6.19. The van der Waals surface area contributed by atoms with E-state index in [1.165, 1.54) is 48.4 Å². The normalized spacial score (nSPS) is 12.1. The number of benzene rings is 3. The molecule has 1 N–H and O–H groups in total. The summed E-state index contributed by atoms with van der Waals surface area (Å²) in [4.78, 5) is 28.3. The zero-order valence-electron chi connectivity index (χ0n) is 22.8. The van der Waals surface area contributed by atoms with Gasteiger partial charge in [-0.05, 0) is 73.0 Å². The Kier molecular flexibility index (Phi) is 10.8. The number of methoxy groups -OCH3 is 1. The van der Waals surface area contributed by atoms with Crippen molar-refractivity contribution in [1.82, 2.24) is 10.2 Å². The Morgan fingerprint density at radius 2 is 1.55 bits per heavy atom. The van der Waals surface area contributed by atoms with Crippen LogP contribution in [0, 0.1) is 5.92 Å². The summed E-state index contributed by atoms with van der Waals surface area (Å²) < 4.78 is 33.9. The van der Waals surface area contributed by atoms with Crippen LogP contribution in [-0.4, -0.2) is 51.4 Å². The molecule has 0 saturated carbocycles. The number of rotatable bonds is 12. The highest BCUT2D eigenvalue weighted by Gasteiger charge is 2.32. The van der Waals surface area contributed by atoms with E-state index < -0.39 is 28.5 Å². The van der Waals surface area contributed by atoms with E-state index in [-0.39, 0.29) is 29.0 Å². The summed E-state index contributed by atoms with van der Waals surface area (Å²) in [6.45, 7) is 5.40. The summed E-state index contributed by atoms with van der Waals surface area (Å²) in [5, 5.41) is 3.69. The van der Waals surface area contributed by atoms with Gasteiger partial charge in [-0.2, -0.15) is 0 Å². The molecule has 0 aliphatic carbocycles. The molecule has 2 amide bonds. The van der Waals surface area contributed by atoms with Gasteiger partial charge in [0.25, 0.3) is 10.0 Å². The van der Waals surface area contributed by atoms with Crippen LogP contribution in [0.1, 0.15) is 26.3 Å². The second-order valence-electron chi connectivity index (χ2n) is 9.59. The van der Waals surface area contributed by atoms with Crippen LogP contribution in [0.2, 0.25) is 10.0 Å². The van der Waals surface area contributed by atoms with E-state index in [1.807, 2.05) is 13.8 Å². The third kappa shape index (κ3) is 7.90. The highest BCUT2D eigenvalue weighted by molar-refractivity contribution is 7.92. The van der Waals surface area contributed by atoms with E-state index in [1.54, 1.807) is 43.3 Å². The monoisotopic (exact) mass is 605 g/mol. The SMILES string of the molecule is COc1ccc(S(=O)(=O)N(CC(=O)N(Cc2ccccc2Cl)[C@H](C)C(=O)NCC(C)C)c2ccc(Cl)cc2)cc1. The number of nitrogens with zero attached hydrogens (tertiary/aromatic N) is 2. The van der Waals surface area contributed by atoms with E-state index in [0.29, 0.717) is 27.9 Å². The number of nitrogens with one attached hydrogen (secondary N) is 1. The summed E-state index contributed by atoms with van der Waals surface area (Å²) in [7, 11) is -2.73. The molecule has 0 aliphatic rings. The first-order valence-electron chi connectivity index (χ1n) is 12.7. The lowest BCUT2D eigenvalue weighted by molar-refractivity contribution is -0.139. The van der Waals surface area contributed by atoms with Crippen LogP contribution in [0.25, 0.3) is 0 Å². The molecule has 1 atom stereocenters. The van der Waals surface area contributed by atoms with Crippen LogP contribution >= 0.6 is 23.2 Å². The molecule has 0 bridgehead atoms. The number of carbonyl (C=O) groups is 2. The Morgan fingerprint density at radius 3 is 2.12 bits per heavy atom. The quantitative estimate of drug-likeness (QED) is 0.299. The van der Waals surface area contributed by atoms with Crippen molar-refractivity contribution in [2.24, 2.45) is 5.92 Å².